The van der Waals surface area contributed by atoms with E-state index < -0.39 is 0 Å². The van der Waals surface area contributed by atoms with Crippen LogP contribution in [0, 0.1) is 17.8 Å². The largest absolute Gasteiger partial charge is 0.378 e. The van der Waals surface area contributed by atoms with Gasteiger partial charge in [0, 0.05) is 25.6 Å². The van der Waals surface area contributed by atoms with Gasteiger partial charge in [-0.25, -0.2) is 0 Å². The first-order valence-electron chi connectivity index (χ1n) is 7.66. The molecule has 0 aromatic rings. The number of nitrogens with two attached hydrogens (primary N) is 1. The van der Waals surface area contributed by atoms with Gasteiger partial charge in [-0.05, 0) is 31.1 Å². The molecule has 120 valence electrons. The highest BCUT2D eigenvalue weighted by Gasteiger charge is 2.28. The lowest BCUT2D eigenvalue weighted by Gasteiger charge is -2.33. The number of hydrogen-bond acceptors (Lipinski definition) is 2. The third kappa shape index (κ3) is 7.67. The summed E-state index contributed by atoms with van der Waals surface area (Å²) in [5, 5.41) is 3.18. The standard InChI is InChI=1S/C15H31N3O.HI/c1-11(2)7-8-17-15(16)18-10-13-6-5-9-19-14(13)12(3)4;/h11-14H,5-10H2,1-4H3,(H3,16,17,18);1H. The molecule has 0 amide bonds. The summed E-state index contributed by atoms with van der Waals surface area (Å²) in [4.78, 5) is 4.48. The second kappa shape index (κ2) is 10.7. The van der Waals surface area contributed by atoms with Crippen molar-refractivity contribution in [3.8, 4) is 0 Å². The van der Waals surface area contributed by atoms with E-state index in [2.05, 4.69) is 38.0 Å². The van der Waals surface area contributed by atoms with Crippen LogP contribution in [-0.4, -0.2) is 31.8 Å². The summed E-state index contributed by atoms with van der Waals surface area (Å²) in [6.45, 7) is 11.4. The highest BCUT2D eigenvalue weighted by Crippen LogP contribution is 2.26. The maximum absolute atomic E-state index is 5.90. The Morgan fingerprint density at radius 2 is 2.05 bits per heavy atom. The molecule has 2 unspecified atom stereocenters. The van der Waals surface area contributed by atoms with Crippen LogP contribution in [0.3, 0.4) is 0 Å². The number of guanidine groups is 1. The van der Waals surface area contributed by atoms with E-state index in [0.717, 1.165) is 32.5 Å². The van der Waals surface area contributed by atoms with E-state index in [1.165, 1.54) is 6.42 Å². The topological polar surface area (TPSA) is 59.6 Å². The van der Waals surface area contributed by atoms with Gasteiger partial charge in [0.05, 0.1) is 6.10 Å². The molecule has 1 fully saturated rings. The van der Waals surface area contributed by atoms with Crippen LogP contribution in [0.2, 0.25) is 0 Å². The molecule has 0 aromatic carbocycles. The lowest BCUT2D eigenvalue weighted by molar-refractivity contribution is -0.0491. The summed E-state index contributed by atoms with van der Waals surface area (Å²) >= 11 is 0. The molecule has 0 spiro atoms. The van der Waals surface area contributed by atoms with Gasteiger partial charge in [-0.3, -0.25) is 4.99 Å². The molecule has 1 rings (SSSR count). The SMILES string of the molecule is CC(C)CCNC(N)=NCC1CCCOC1C(C)C.I. The van der Waals surface area contributed by atoms with Crippen LogP contribution in [0.4, 0.5) is 0 Å². The van der Waals surface area contributed by atoms with E-state index in [4.69, 9.17) is 10.5 Å². The maximum atomic E-state index is 5.90. The van der Waals surface area contributed by atoms with Crippen LogP contribution < -0.4 is 11.1 Å². The lowest BCUT2D eigenvalue weighted by atomic mass is 9.87. The number of halogens is 1. The number of nitrogens with one attached hydrogen (secondary N) is 1. The number of rotatable bonds is 6. The summed E-state index contributed by atoms with van der Waals surface area (Å²) in [5.74, 6) is 2.33. The van der Waals surface area contributed by atoms with Crippen molar-refractivity contribution >= 4 is 29.9 Å². The van der Waals surface area contributed by atoms with Gasteiger partial charge < -0.3 is 15.8 Å². The van der Waals surface area contributed by atoms with Gasteiger partial charge in [0.15, 0.2) is 5.96 Å². The number of aliphatic imine (C=N–C) groups is 1. The third-order valence-electron chi connectivity index (χ3n) is 3.68. The average Bonchev–Trinajstić information content (AvgIpc) is 2.36. The second-order valence-corrected chi connectivity index (χ2v) is 6.32. The Morgan fingerprint density at radius 3 is 2.65 bits per heavy atom. The average molecular weight is 397 g/mol. The first kappa shape index (κ1) is 20.0. The summed E-state index contributed by atoms with van der Waals surface area (Å²) in [7, 11) is 0. The molecule has 2 atom stereocenters. The highest BCUT2D eigenvalue weighted by molar-refractivity contribution is 14.0. The highest BCUT2D eigenvalue weighted by atomic mass is 127. The number of ether oxygens (including phenoxy) is 1. The van der Waals surface area contributed by atoms with Gasteiger partial charge >= 0.3 is 0 Å². The monoisotopic (exact) mass is 397 g/mol. The first-order valence-corrected chi connectivity index (χ1v) is 7.66. The Morgan fingerprint density at radius 1 is 1.35 bits per heavy atom. The molecule has 1 saturated heterocycles. The van der Waals surface area contributed by atoms with E-state index in [9.17, 15) is 0 Å². The van der Waals surface area contributed by atoms with Crippen molar-refractivity contribution in [2.75, 3.05) is 19.7 Å². The maximum Gasteiger partial charge on any atom is 0.188 e. The van der Waals surface area contributed by atoms with Crippen molar-refractivity contribution in [1.82, 2.24) is 5.32 Å². The zero-order chi connectivity index (χ0) is 14.3. The van der Waals surface area contributed by atoms with E-state index in [1.54, 1.807) is 0 Å². The fraction of sp³-hybridized carbons (Fsp3) is 0.933. The van der Waals surface area contributed by atoms with Crippen LogP contribution in [-0.2, 0) is 4.74 Å². The fourth-order valence-corrected chi connectivity index (χ4v) is 2.56. The summed E-state index contributed by atoms with van der Waals surface area (Å²) in [5.41, 5.74) is 5.90. The van der Waals surface area contributed by atoms with Crippen molar-refractivity contribution in [1.29, 1.82) is 0 Å². The Kier molecular flexibility index (Phi) is 10.6. The fourth-order valence-electron chi connectivity index (χ4n) is 2.56. The molecule has 1 heterocycles. The molecular weight excluding hydrogens is 365 g/mol. The van der Waals surface area contributed by atoms with Gasteiger partial charge in [0.2, 0.25) is 0 Å². The molecule has 3 N–H and O–H groups in total. The van der Waals surface area contributed by atoms with E-state index in [-0.39, 0.29) is 24.0 Å². The molecule has 1 aliphatic heterocycles. The minimum Gasteiger partial charge on any atom is -0.378 e. The smallest absolute Gasteiger partial charge is 0.188 e. The van der Waals surface area contributed by atoms with Gasteiger partial charge in [0.1, 0.15) is 0 Å². The van der Waals surface area contributed by atoms with Gasteiger partial charge in [0.25, 0.3) is 0 Å². The quantitative estimate of drug-likeness (QED) is 0.412. The predicted molar refractivity (Wildman–Crippen MR) is 96.7 cm³/mol. The molecule has 4 nitrogen and oxygen atoms in total. The number of nitrogens with zero attached hydrogens (tertiary/aromatic N) is 1. The van der Waals surface area contributed by atoms with Crippen molar-refractivity contribution < 1.29 is 4.74 Å². The van der Waals surface area contributed by atoms with Crippen LogP contribution in [0.5, 0.6) is 0 Å². The van der Waals surface area contributed by atoms with Crippen molar-refractivity contribution in [3.05, 3.63) is 0 Å². The predicted octanol–water partition coefficient (Wildman–Crippen LogP) is 3.01. The van der Waals surface area contributed by atoms with Gasteiger partial charge in [-0.2, -0.15) is 0 Å². The Hall–Kier alpha value is -0.0400. The zero-order valence-corrected chi connectivity index (χ0v) is 15.7. The molecule has 0 aliphatic carbocycles. The molecular formula is C15H32IN3O. The van der Waals surface area contributed by atoms with Gasteiger partial charge in [-0.1, -0.05) is 27.7 Å². The van der Waals surface area contributed by atoms with Crippen LogP contribution in [0.25, 0.3) is 0 Å². The normalized spacial score (nSPS) is 23.8. The molecule has 0 radical (unpaired) electrons. The van der Waals surface area contributed by atoms with E-state index >= 15 is 0 Å². The second-order valence-electron chi connectivity index (χ2n) is 6.32. The first-order chi connectivity index (χ1) is 9.00. The van der Waals surface area contributed by atoms with Crippen LogP contribution >= 0.6 is 24.0 Å². The summed E-state index contributed by atoms with van der Waals surface area (Å²) in [6.07, 6.45) is 3.80. The number of hydrogen-bond donors (Lipinski definition) is 2. The molecule has 5 heteroatoms. The van der Waals surface area contributed by atoms with Gasteiger partial charge in [-0.15, -0.1) is 24.0 Å². The summed E-state index contributed by atoms with van der Waals surface area (Å²) < 4.78 is 5.87. The van der Waals surface area contributed by atoms with Crippen LogP contribution in [0.1, 0.15) is 47.0 Å². The van der Waals surface area contributed by atoms with Crippen molar-refractivity contribution in [2.24, 2.45) is 28.5 Å². The van der Waals surface area contributed by atoms with Crippen molar-refractivity contribution in [3.63, 3.8) is 0 Å². The van der Waals surface area contributed by atoms with E-state index in [1.807, 2.05) is 0 Å². The molecule has 0 aromatic heterocycles. The van der Waals surface area contributed by atoms with E-state index in [0.29, 0.717) is 29.8 Å². The Bertz CT molecular complexity index is 282. The van der Waals surface area contributed by atoms with Crippen LogP contribution in [0.15, 0.2) is 4.99 Å². The summed E-state index contributed by atoms with van der Waals surface area (Å²) in [6, 6.07) is 0. The minimum absolute atomic E-state index is 0. The third-order valence-corrected chi connectivity index (χ3v) is 3.68. The Labute approximate surface area is 141 Å². The lowest BCUT2D eigenvalue weighted by Crippen LogP contribution is -2.37. The molecule has 0 saturated carbocycles. The Balaban J connectivity index is 0.00000361. The van der Waals surface area contributed by atoms with Crippen molar-refractivity contribution in [2.45, 2.75) is 53.1 Å². The zero-order valence-electron chi connectivity index (χ0n) is 13.4. The molecule has 0 bridgehead atoms. The molecule has 20 heavy (non-hydrogen) atoms. The molecule has 1 aliphatic rings. The minimum atomic E-state index is 0.